The molecule has 0 saturated carbocycles. The van der Waals surface area contributed by atoms with E-state index >= 15 is 0 Å². The molecule has 0 bridgehead atoms. The van der Waals surface area contributed by atoms with Crippen LogP contribution in [0.4, 0.5) is 11.4 Å². The van der Waals surface area contributed by atoms with Crippen molar-refractivity contribution in [2.75, 3.05) is 31.3 Å². The fourth-order valence-corrected chi connectivity index (χ4v) is 3.51. The Hall–Kier alpha value is -1.80. The summed E-state index contributed by atoms with van der Waals surface area (Å²) in [6.45, 7) is 1.77. The van der Waals surface area contributed by atoms with Crippen LogP contribution in [-0.4, -0.2) is 39.3 Å². The van der Waals surface area contributed by atoms with Gasteiger partial charge in [-0.2, -0.15) is 0 Å². The van der Waals surface area contributed by atoms with Crippen molar-refractivity contribution in [3.8, 4) is 0 Å². The van der Waals surface area contributed by atoms with Crippen molar-refractivity contribution in [3.05, 3.63) is 52.0 Å². The molecule has 2 N–H and O–H groups in total. The van der Waals surface area contributed by atoms with Crippen molar-refractivity contribution in [1.29, 1.82) is 0 Å². The summed E-state index contributed by atoms with van der Waals surface area (Å²) in [5.41, 5.74) is 1.83. The summed E-state index contributed by atoms with van der Waals surface area (Å²) < 4.78 is 25.6. The third kappa shape index (κ3) is 4.88. The molecule has 2 aromatic rings. The second-order valence-electron chi connectivity index (χ2n) is 5.79. The van der Waals surface area contributed by atoms with Crippen molar-refractivity contribution in [2.45, 2.75) is 11.8 Å². The lowest BCUT2D eigenvalue weighted by Gasteiger charge is -2.15. The Kier molecular flexibility index (Phi) is 6.52. The maximum Gasteiger partial charge on any atom is 0.243 e. The molecule has 0 unspecified atom stereocenters. The second kappa shape index (κ2) is 8.26. The number of rotatable bonds is 6. The molecule has 0 spiro atoms. The molecule has 0 atom stereocenters. The maximum atomic E-state index is 12.2. The van der Waals surface area contributed by atoms with Gasteiger partial charge in [0.1, 0.15) is 0 Å². The topological polar surface area (TPSA) is 78.5 Å². The first-order valence-electron chi connectivity index (χ1n) is 7.63. The maximum absolute atomic E-state index is 12.2. The van der Waals surface area contributed by atoms with E-state index in [-0.39, 0.29) is 17.3 Å². The van der Waals surface area contributed by atoms with Crippen LogP contribution in [0.2, 0.25) is 10.0 Å². The van der Waals surface area contributed by atoms with Crippen LogP contribution in [0.3, 0.4) is 0 Å². The van der Waals surface area contributed by atoms with Gasteiger partial charge in [0.2, 0.25) is 15.9 Å². The monoisotopic (exact) mass is 415 g/mol. The molecule has 0 heterocycles. The fraction of sp³-hybridized carbons (Fsp3) is 0.235. The van der Waals surface area contributed by atoms with Crippen LogP contribution < -0.4 is 10.6 Å². The summed E-state index contributed by atoms with van der Waals surface area (Å²) >= 11 is 11.8. The predicted molar refractivity (Wildman–Crippen MR) is 106 cm³/mol. The largest absolute Gasteiger partial charge is 0.376 e. The number of carbonyl (C=O) groups excluding carboxylic acids is 1. The zero-order valence-corrected chi connectivity index (χ0v) is 16.8. The molecule has 0 fully saturated rings. The van der Waals surface area contributed by atoms with Gasteiger partial charge < -0.3 is 10.6 Å². The fourth-order valence-electron chi connectivity index (χ4n) is 2.12. The van der Waals surface area contributed by atoms with Gasteiger partial charge in [-0.15, -0.1) is 0 Å². The molecule has 0 aliphatic rings. The smallest absolute Gasteiger partial charge is 0.243 e. The van der Waals surface area contributed by atoms with E-state index in [1.54, 1.807) is 18.2 Å². The Labute approximate surface area is 163 Å². The van der Waals surface area contributed by atoms with Gasteiger partial charge in [-0.1, -0.05) is 29.3 Å². The van der Waals surface area contributed by atoms with Crippen LogP contribution in [0, 0.1) is 6.92 Å². The number of halogens is 2. The number of benzene rings is 2. The van der Waals surface area contributed by atoms with E-state index in [0.29, 0.717) is 21.4 Å². The normalized spacial score (nSPS) is 11.5. The van der Waals surface area contributed by atoms with Gasteiger partial charge >= 0.3 is 0 Å². The summed E-state index contributed by atoms with van der Waals surface area (Å²) in [4.78, 5) is 12.3. The minimum Gasteiger partial charge on any atom is -0.376 e. The van der Waals surface area contributed by atoms with E-state index in [9.17, 15) is 13.2 Å². The van der Waals surface area contributed by atoms with E-state index in [1.165, 1.54) is 32.3 Å². The molecule has 140 valence electrons. The molecular weight excluding hydrogens is 397 g/mol. The Morgan fingerprint density at radius 2 is 1.77 bits per heavy atom. The number of anilines is 2. The number of carbonyl (C=O) groups is 1. The minimum atomic E-state index is -3.55. The number of nitrogens with one attached hydrogen (secondary N) is 2. The average molecular weight is 416 g/mol. The number of nitrogens with zero attached hydrogens (tertiary/aromatic N) is 1. The Bertz CT molecular complexity index is 931. The second-order valence-corrected chi connectivity index (χ2v) is 8.79. The molecule has 0 saturated heterocycles. The molecule has 0 radical (unpaired) electrons. The van der Waals surface area contributed by atoms with Crippen LogP contribution in [0.15, 0.2) is 41.3 Å². The summed E-state index contributed by atoms with van der Waals surface area (Å²) in [7, 11) is -0.622. The van der Waals surface area contributed by atoms with Gasteiger partial charge in [0.05, 0.1) is 22.2 Å². The molecule has 2 aromatic carbocycles. The van der Waals surface area contributed by atoms with Gasteiger partial charge in [-0.05, 0) is 42.8 Å². The Morgan fingerprint density at radius 3 is 2.38 bits per heavy atom. The molecule has 1 amide bonds. The quantitative estimate of drug-likeness (QED) is 0.754. The molecule has 0 aliphatic carbocycles. The molecular formula is C17H19Cl2N3O3S. The van der Waals surface area contributed by atoms with Gasteiger partial charge in [-0.3, -0.25) is 4.79 Å². The Balaban J connectivity index is 2.10. The minimum absolute atomic E-state index is 0.0503. The number of aryl methyl sites for hydroxylation is 1. The highest BCUT2D eigenvalue weighted by atomic mass is 35.5. The summed E-state index contributed by atoms with van der Waals surface area (Å²) in [5, 5.41) is 6.43. The van der Waals surface area contributed by atoms with Gasteiger partial charge in [0, 0.05) is 24.8 Å². The SMILES string of the molecule is Cc1ccc(S(=O)(=O)N(C)C)cc1NCC(=O)Nc1ccc(Cl)cc1Cl. The van der Waals surface area contributed by atoms with Gasteiger partial charge in [-0.25, -0.2) is 12.7 Å². The standard InChI is InChI=1S/C17H19Cl2N3O3S/c1-11-4-6-13(26(24,25)22(2)3)9-16(11)20-10-17(23)21-15-7-5-12(18)8-14(15)19/h4-9,20H,10H2,1-3H3,(H,21,23). The van der Waals surface area contributed by atoms with Crippen LogP contribution >= 0.6 is 23.2 Å². The van der Waals surface area contributed by atoms with E-state index in [2.05, 4.69) is 10.6 Å². The zero-order chi connectivity index (χ0) is 19.5. The van der Waals surface area contributed by atoms with Crippen molar-refractivity contribution in [3.63, 3.8) is 0 Å². The van der Waals surface area contributed by atoms with Crippen molar-refractivity contribution < 1.29 is 13.2 Å². The predicted octanol–water partition coefficient (Wildman–Crippen LogP) is 3.60. The first-order valence-corrected chi connectivity index (χ1v) is 9.83. The van der Waals surface area contributed by atoms with E-state index in [1.807, 2.05) is 6.92 Å². The zero-order valence-electron chi connectivity index (χ0n) is 14.5. The first kappa shape index (κ1) is 20.5. The van der Waals surface area contributed by atoms with Crippen LogP contribution in [-0.2, 0) is 14.8 Å². The summed E-state index contributed by atoms with van der Waals surface area (Å²) in [5.74, 6) is -0.325. The van der Waals surface area contributed by atoms with Crippen LogP contribution in [0.1, 0.15) is 5.56 Å². The van der Waals surface area contributed by atoms with Crippen molar-refractivity contribution in [2.24, 2.45) is 0 Å². The van der Waals surface area contributed by atoms with Gasteiger partial charge in [0.15, 0.2) is 0 Å². The molecule has 0 aliphatic heterocycles. The molecule has 9 heteroatoms. The molecule has 26 heavy (non-hydrogen) atoms. The van der Waals surface area contributed by atoms with Crippen molar-refractivity contribution >= 4 is 50.5 Å². The lowest BCUT2D eigenvalue weighted by molar-refractivity contribution is -0.114. The summed E-state index contributed by atoms with van der Waals surface area (Å²) in [6, 6.07) is 9.49. The number of amides is 1. The van der Waals surface area contributed by atoms with Crippen LogP contribution in [0.25, 0.3) is 0 Å². The third-order valence-corrected chi connectivity index (χ3v) is 5.99. The molecule has 6 nitrogen and oxygen atoms in total. The number of hydrogen-bond donors (Lipinski definition) is 2. The highest BCUT2D eigenvalue weighted by molar-refractivity contribution is 7.89. The highest BCUT2D eigenvalue weighted by Gasteiger charge is 2.18. The summed E-state index contributed by atoms with van der Waals surface area (Å²) in [6.07, 6.45) is 0. The Morgan fingerprint density at radius 1 is 1.08 bits per heavy atom. The molecule has 2 rings (SSSR count). The lowest BCUT2D eigenvalue weighted by atomic mass is 10.2. The van der Waals surface area contributed by atoms with Crippen molar-refractivity contribution in [1.82, 2.24) is 4.31 Å². The van der Waals surface area contributed by atoms with E-state index in [4.69, 9.17) is 23.2 Å². The number of hydrogen-bond acceptors (Lipinski definition) is 4. The molecule has 0 aromatic heterocycles. The lowest BCUT2D eigenvalue weighted by Crippen LogP contribution is -2.24. The van der Waals surface area contributed by atoms with E-state index in [0.717, 1.165) is 9.87 Å². The average Bonchev–Trinajstić information content (AvgIpc) is 2.56. The highest BCUT2D eigenvalue weighted by Crippen LogP contribution is 2.25. The first-order chi connectivity index (χ1) is 12.1. The van der Waals surface area contributed by atoms with Crippen LogP contribution in [0.5, 0.6) is 0 Å². The number of sulfonamides is 1. The third-order valence-electron chi connectivity index (χ3n) is 3.63. The van der Waals surface area contributed by atoms with Gasteiger partial charge in [0.25, 0.3) is 0 Å². The van der Waals surface area contributed by atoms with E-state index < -0.39 is 10.0 Å².